The topological polar surface area (TPSA) is 69.4 Å². The molecule has 0 radical (unpaired) electrons. The lowest BCUT2D eigenvalue weighted by molar-refractivity contribution is -0.135. The fourth-order valence-corrected chi connectivity index (χ4v) is 3.11. The summed E-state index contributed by atoms with van der Waals surface area (Å²) in [6.07, 6.45) is 1.58. The number of halogens is 1. The first-order valence-corrected chi connectivity index (χ1v) is 8.33. The zero-order valence-electron chi connectivity index (χ0n) is 14.0. The fraction of sp³-hybridized carbons (Fsp3) is 0.278. The Hall–Kier alpha value is -3.00. The van der Waals surface area contributed by atoms with E-state index in [1.807, 2.05) is 0 Å². The molecule has 1 amide bonds. The van der Waals surface area contributed by atoms with Gasteiger partial charge in [-0.05, 0) is 36.4 Å². The lowest BCUT2D eigenvalue weighted by Gasteiger charge is -2.26. The minimum Gasteiger partial charge on any atom is -0.378 e. The van der Waals surface area contributed by atoms with E-state index in [1.165, 1.54) is 33.4 Å². The summed E-state index contributed by atoms with van der Waals surface area (Å²) in [5.41, 5.74) is 1.10. The van der Waals surface area contributed by atoms with Gasteiger partial charge in [-0.2, -0.15) is 0 Å². The molecule has 1 fully saturated rings. The average molecular weight is 356 g/mol. The molecule has 7 nitrogen and oxygen atoms in total. The van der Waals surface area contributed by atoms with Crippen LogP contribution in [-0.4, -0.2) is 51.2 Å². The number of hydrogen-bond acceptors (Lipinski definition) is 4. The third-order valence-corrected chi connectivity index (χ3v) is 4.43. The minimum atomic E-state index is -0.388. The van der Waals surface area contributed by atoms with E-state index in [2.05, 4.69) is 4.98 Å². The highest BCUT2D eigenvalue weighted by molar-refractivity contribution is 5.80. The highest BCUT2D eigenvalue weighted by Gasteiger charge is 2.21. The van der Waals surface area contributed by atoms with Gasteiger partial charge < -0.3 is 9.64 Å². The van der Waals surface area contributed by atoms with E-state index in [0.29, 0.717) is 43.2 Å². The molecule has 0 bridgehead atoms. The summed E-state index contributed by atoms with van der Waals surface area (Å²) in [6.45, 7) is 1.96. The van der Waals surface area contributed by atoms with Crippen molar-refractivity contribution in [2.75, 3.05) is 26.3 Å². The predicted octanol–water partition coefficient (Wildman–Crippen LogP) is 1.19. The van der Waals surface area contributed by atoms with E-state index < -0.39 is 0 Å². The van der Waals surface area contributed by atoms with Crippen molar-refractivity contribution in [1.82, 2.24) is 19.0 Å². The Morgan fingerprint density at radius 2 is 1.88 bits per heavy atom. The van der Waals surface area contributed by atoms with Crippen LogP contribution in [0.2, 0.25) is 0 Å². The molecule has 3 aromatic rings. The standard InChI is InChI=1S/C18H17FN4O3/c19-13-3-5-14(6-4-13)23-17-15(2-1-7-20-17)22(18(23)25)12-16(24)21-8-10-26-11-9-21/h1-7H,8-12H2. The molecule has 134 valence electrons. The molecule has 8 heteroatoms. The van der Waals surface area contributed by atoms with Gasteiger partial charge in [0.25, 0.3) is 0 Å². The number of pyridine rings is 1. The van der Waals surface area contributed by atoms with Crippen LogP contribution in [0.4, 0.5) is 4.39 Å². The van der Waals surface area contributed by atoms with Crippen molar-refractivity contribution >= 4 is 17.1 Å². The minimum absolute atomic E-state index is 0.0742. The third-order valence-electron chi connectivity index (χ3n) is 4.43. The van der Waals surface area contributed by atoms with Gasteiger partial charge in [0.1, 0.15) is 12.4 Å². The highest BCUT2D eigenvalue weighted by atomic mass is 19.1. The fourth-order valence-electron chi connectivity index (χ4n) is 3.11. The molecule has 1 saturated heterocycles. The number of imidazole rings is 1. The van der Waals surface area contributed by atoms with Crippen LogP contribution >= 0.6 is 0 Å². The molecule has 0 unspecified atom stereocenters. The van der Waals surface area contributed by atoms with Crippen LogP contribution in [0.5, 0.6) is 0 Å². The summed E-state index contributed by atoms with van der Waals surface area (Å²) in [5.74, 6) is -0.529. The number of benzene rings is 1. The van der Waals surface area contributed by atoms with Crippen molar-refractivity contribution in [2.45, 2.75) is 6.54 Å². The number of ether oxygens (including phenoxy) is 1. The Balaban J connectivity index is 1.78. The van der Waals surface area contributed by atoms with E-state index in [1.54, 1.807) is 23.2 Å². The SMILES string of the molecule is O=C(Cn1c(=O)n(-c2ccc(F)cc2)c2ncccc21)N1CCOCC1. The second-order valence-corrected chi connectivity index (χ2v) is 6.02. The van der Waals surface area contributed by atoms with Crippen LogP contribution in [0.15, 0.2) is 47.4 Å². The van der Waals surface area contributed by atoms with Crippen LogP contribution in [-0.2, 0) is 16.1 Å². The molecule has 0 N–H and O–H groups in total. The van der Waals surface area contributed by atoms with Crippen molar-refractivity contribution in [1.29, 1.82) is 0 Å². The number of hydrogen-bond donors (Lipinski definition) is 0. The van der Waals surface area contributed by atoms with Crippen LogP contribution in [0.25, 0.3) is 16.9 Å². The van der Waals surface area contributed by atoms with Gasteiger partial charge >= 0.3 is 5.69 Å². The van der Waals surface area contributed by atoms with Crippen molar-refractivity contribution < 1.29 is 13.9 Å². The number of nitrogens with zero attached hydrogens (tertiary/aromatic N) is 4. The number of morpholine rings is 1. The van der Waals surface area contributed by atoms with E-state index in [4.69, 9.17) is 4.74 Å². The summed E-state index contributed by atoms with van der Waals surface area (Å²) >= 11 is 0. The maximum Gasteiger partial charge on any atom is 0.335 e. The summed E-state index contributed by atoms with van der Waals surface area (Å²) in [7, 11) is 0. The normalized spacial score (nSPS) is 14.7. The third kappa shape index (κ3) is 2.88. The molecule has 3 heterocycles. The predicted molar refractivity (Wildman–Crippen MR) is 92.7 cm³/mol. The van der Waals surface area contributed by atoms with Gasteiger partial charge in [0, 0.05) is 19.3 Å². The van der Waals surface area contributed by atoms with E-state index in [0.717, 1.165) is 0 Å². The van der Waals surface area contributed by atoms with Gasteiger partial charge in [0.2, 0.25) is 5.91 Å². The Morgan fingerprint density at radius 3 is 2.62 bits per heavy atom. The Bertz CT molecular complexity index is 1000. The summed E-state index contributed by atoms with van der Waals surface area (Å²) in [5, 5.41) is 0. The number of carbonyl (C=O) groups is 1. The summed E-state index contributed by atoms with van der Waals surface area (Å²) < 4.78 is 21.3. The van der Waals surface area contributed by atoms with Crippen LogP contribution in [0.1, 0.15) is 0 Å². The van der Waals surface area contributed by atoms with Gasteiger partial charge in [0.15, 0.2) is 5.65 Å². The Morgan fingerprint density at radius 1 is 1.15 bits per heavy atom. The monoisotopic (exact) mass is 356 g/mol. The van der Waals surface area contributed by atoms with Crippen LogP contribution < -0.4 is 5.69 Å². The van der Waals surface area contributed by atoms with Crippen molar-refractivity contribution in [3.63, 3.8) is 0 Å². The lowest BCUT2D eigenvalue weighted by atomic mass is 10.3. The molecule has 0 saturated carbocycles. The summed E-state index contributed by atoms with van der Waals surface area (Å²) in [6, 6.07) is 9.06. The Kier molecular flexibility index (Phi) is 4.26. The van der Waals surface area contributed by atoms with Crippen LogP contribution in [0.3, 0.4) is 0 Å². The quantitative estimate of drug-likeness (QED) is 0.707. The first-order chi connectivity index (χ1) is 12.6. The van der Waals surface area contributed by atoms with Gasteiger partial charge in [-0.3, -0.25) is 9.36 Å². The molecule has 26 heavy (non-hydrogen) atoms. The molecule has 0 atom stereocenters. The van der Waals surface area contributed by atoms with Gasteiger partial charge in [-0.15, -0.1) is 0 Å². The molecule has 1 aromatic carbocycles. The van der Waals surface area contributed by atoms with E-state index in [-0.39, 0.29) is 24.0 Å². The number of fused-ring (bicyclic) bond motifs is 1. The molecule has 0 spiro atoms. The lowest BCUT2D eigenvalue weighted by Crippen LogP contribution is -2.43. The molecule has 1 aliphatic heterocycles. The summed E-state index contributed by atoms with van der Waals surface area (Å²) in [4.78, 5) is 31.5. The molecule has 2 aromatic heterocycles. The van der Waals surface area contributed by atoms with E-state index in [9.17, 15) is 14.0 Å². The zero-order chi connectivity index (χ0) is 18.1. The maximum atomic E-state index is 13.2. The number of carbonyl (C=O) groups excluding carboxylic acids is 1. The van der Waals surface area contributed by atoms with Gasteiger partial charge in [-0.25, -0.2) is 18.7 Å². The van der Waals surface area contributed by atoms with Gasteiger partial charge in [0.05, 0.1) is 24.4 Å². The first-order valence-electron chi connectivity index (χ1n) is 8.33. The van der Waals surface area contributed by atoms with Gasteiger partial charge in [-0.1, -0.05) is 0 Å². The number of aromatic nitrogens is 3. The second kappa shape index (κ2) is 6.72. The molecule has 0 aliphatic carbocycles. The van der Waals surface area contributed by atoms with Crippen molar-refractivity contribution in [2.24, 2.45) is 0 Å². The molecular weight excluding hydrogens is 339 g/mol. The maximum absolute atomic E-state index is 13.2. The molecular formula is C18H17FN4O3. The zero-order valence-corrected chi connectivity index (χ0v) is 14.0. The number of amides is 1. The van der Waals surface area contributed by atoms with Crippen molar-refractivity contribution in [3.8, 4) is 5.69 Å². The van der Waals surface area contributed by atoms with Crippen molar-refractivity contribution in [3.05, 3.63) is 58.9 Å². The largest absolute Gasteiger partial charge is 0.378 e. The number of rotatable bonds is 3. The average Bonchev–Trinajstić information content (AvgIpc) is 2.95. The molecule has 1 aliphatic rings. The van der Waals surface area contributed by atoms with Crippen LogP contribution in [0, 0.1) is 5.82 Å². The highest BCUT2D eigenvalue weighted by Crippen LogP contribution is 2.16. The first kappa shape index (κ1) is 16.5. The van der Waals surface area contributed by atoms with E-state index >= 15 is 0 Å². The second-order valence-electron chi connectivity index (χ2n) is 6.02. The Labute approximate surface area is 148 Å². The molecule has 4 rings (SSSR count). The smallest absolute Gasteiger partial charge is 0.335 e.